The molecule has 246 valence electrons. The lowest BCUT2D eigenvalue weighted by atomic mass is 9.85. The topological polar surface area (TPSA) is 136 Å². The summed E-state index contributed by atoms with van der Waals surface area (Å²) in [5.74, 6) is -1.11. The first-order valence-electron chi connectivity index (χ1n) is 14.6. The van der Waals surface area contributed by atoms with E-state index in [-0.39, 0.29) is 56.2 Å². The third kappa shape index (κ3) is 10.4. The number of ether oxygens (including phenoxy) is 1. The Bertz CT molecular complexity index is 1220. The first kappa shape index (κ1) is 37.9. The molecule has 4 N–H and O–H groups in total. The number of nitrogens with zero attached hydrogens (tertiary/aromatic N) is 3. The molecule has 2 aliphatic heterocycles. The molecule has 2 aromatic rings. The minimum Gasteiger partial charge on any atom is -0.391 e. The molecule has 4 rings (SSSR count). The molecule has 0 aliphatic carbocycles. The number of piperazine rings is 1. The van der Waals surface area contributed by atoms with E-state index in [0.717, 1.165) is 54.4 Å². The van der Waals surface area contributed by atoms with Crippen molar-refractivity contribution in [3.8, 4) is 10.4 Å². The number of hydrogen-bond acceptors (Lipinski definition) is 9. The third-order valence-electron chi connectivity index (χ3n) is 7.71. The second-order valence-corrected chi connectivity index (χ2v) is 12.9. The Labute approximate surface area is 276 Å². The molecule has 0 radical (unpaired) electrons. The molecule has 2 saturated heterocycles. The van der Waals surface area contributed by atoms with Crippen molar-refractivity contribution < 1.29 is 24.2 Å². The second-order valence-electron chi connectivity index (χ2n) is 12.1. The van der Waals surface area contributed by atoms with Crippen LogP contribution >= 0.6 is 36.2 Å². The summed E-state index contributed by atoms with van der Waals surface area (Å²) in [6.07, 6.45) is -0.683. The van der Waals surface area contributed by atoms with Gasteiger partial charge >= 0.3 is 0 Å². The highest BCUT2D eigenvalue weighted by molar-refractivity contribution is 7.13. The van der Waals surface area contributed by atoms with Crippen molar-refractivity contribution in [3.05, 3.63) is 41.0 Å². The van der Waals surface area contributed by atoms with E-state index >= 15 is 0 Å². The van der Waals surface area contributed by atoms with Gasteiger partial charge in [0, 0.05) is 52.2 Å². The van der Waals surface area contributed by atoms with Gasteiger partial charge in [-0.2, -0.15) is 0 Å². The number of halogens is 2. The number of rotatable bonds is 11. The van der Waals surface area contributed by atoms with Gasteiger partial charge in [-0.1, -0.05) is 45.0 Å². The monoisotopic (exact) mass is 672 g/mol. The summed E-state index contributed by atoms with van der Waals surface area (Å²) < 4.78 is 5.60. The molecule has 2 fully saturated rings. The number of amides is 3. The smallest absolute Gasteiger partial charge is 0.246 e. The summed E-state index contributed by atoms with van der Waals surface area (Å²) in [6.45, 7) is 12.7. The largest absolute Gasteiger partial charge is 0.391 e. The molecule has 0 bridgehead atoms. The fourth-order valence-electron chi connectivity index (χ4n) is 5.28. The minimum absolute atomic E-state index is 0. The molecular formula is C30H46Cl2N6O5S. The Hall–Kier alpha value is -2.32. The highest BCUT2D eigenvalue weighted by Crippen LogP contribution is 2.28. The molecule has 1 aromatic carbocycles. The van der Waals surface area contributed by atoms with Gasteiger partial charge in [-0.15, -0.1) is 36.2 Å². The molecule has 11 nitrogen and oxygen atoms in total. The van der Waals surface area contributed by atoms with Gasteiger partial charge in [0.05, 0.1) is 28.8 Å². The average molecular weight is 674 g/mol. The van der Waals surface area contributed by atoms with Crippen LogP contribution in [0.3, 0.4) is 0 Å². The SMILES string of the molecule is Cc1ncsc1-c1ccc(CNC(=O)[C@@H]2C[C@@H](O)CN2C(=O)[C@@H](NC(=O)COCCN2CCNCC2)C(C)(C)C)cc1.Cl.Cl. The maximum atomic E-state index is 13.7. The number of carbonyl (C=O) groups excluding carboxylic acids is 3. The highest BCUT2D eigenvalue weighted by Gasteiger charge is 2.44. The van der Waals surface area contributed by atoms with E-state index in [4.69, 9.17) is 4.74 Å². The normalized spacial score (nSPS) is 19.4. The molecule has 3 heterocycles. The molecule has 3 amide bonds. The summed E-state index contributed by atoms with van der Waals surface area (Å²) in [5.41, 5.74) is 4.17. The van der Waals surface area contributed by atoms with E-state index in [2.05, 4.69) is 25.8 Å². The van der Waals surface area contributed by atoms with Crippen molar-refractivity contribution in [2.75, 3.05) is 52.5 Å². The first-order chi connectivity index (χ1) is 20.0. The minimum atomic E-state index is -0.884. The van der Waals surface area contributed by atoms with Gasteiger partial charge in [-0.05, 0) is 23.5 Å². The van der Waals surface area contributed by atoms with Crippen LogP contribution in [-0.4, -0.2) is 108 Å². The molecular weight excluding hydrogens is 627 g/mol. The van der Waals surface area contributed by atoms with Gasteiger partial charge in [0.2, 0.25) is 17.7 Å². The Morgan fingerprint density at radius 1 is 1.16 bits per heavy atom. The van der Waals surface area contributed by atoms with Crippen molar-refractivity contribution in [1.82, 2.24) is 30.7 Å². The van der Waals surface area contributed by atoms with E-state index in [0.29, 0.717) is 13.2 Å². The zero-order valence-corrected chi connectivity index (χ0v) is 28.3. The summed E-state index contributed by atoms with van der Waals surface area (Å²) >= 11 is 1.59. The number of nitrogens with one attached hydrogen (secondary N) is 3. The predicted octanol–water partition coefficient (Wildman–Crippen LogP) is 1.99. The number of hydrogen-bond donors (Lipinski definition) is 4. The van der Waals surface area contributed by atoms with Crippen molar-refractivity contribution in [1.29, 1.82) is 0 Å². The number of β-amino-alcohol motifs (C(OH)–C–C–N with tert-alkyl or cyclic N) is 1. The average Bonchev–Trinajstić information content (AvgIpc) is 3.58. The standard InChI is InChI=1S/C30H44N6O5S.2ClH/c1-20-26(42-19-33-20)22-7-5-21(6-8-22)16-32-28(39)24-15-23(37)17-36(24)29(40)27(30(2,3)4)34-25(38)18-41-14-13-35-11-9-31-10-12-35;;/h5-8,19,23-24,27,31,37H,9-18H2,1-4H3,(H,32,39)(H,34,38);2*1H/t23-,24+,27-;;/m1../s1. The number of likely N-dealkylation sites (tertiary alicyclic amines) is 1. The number of thiazole rings is 1. The van der Waals surface area contributed by atoms with Crippen LogP contribution in [0, 0.1) is 12.3 Å². The van der Waals surface area contributed by atoms with Gasteiger partial charge < -0.3 is 30.7 Å². The zero-order valence-electron chi connectivity index (χ0n) is 25.8. The quantitative estimate of drug-likeness (QED) is 0.266. The molecule has 0 saturated carbocycles. The number of aliphatic hydroxyl groups is 1. The molecule has 3 atom stereocenters. The molecule has 44 heavy (non-hydrogen) atoms. The lowest BCUT2D eigenvalue weighted by Gasteiger charge is -2.35. The van der Waals surface area contributed by atoms with Crippen molar-refractivity contribution >= 4 is 53.9 Å². The van der Waals surface area contributed by atoms with Gasteiger partial charge in [-0.3, -0.25) is 19.3 Å². The Morgan fingerprint density at radius 2 is 1.84 bits per heavy atom. The van der Waals surface area contributed by atoms with E-state index in [9.17, 15) is 19.5 Å². The van der Waals surface area contributed by atoms with Crippen LogP contribution in [0.5, 0.6) is 0 Å². The second kappa shape index (κ2) is 17.4. The molecule has 1 aromatic heterocycles. The number of carbonyl (C=O) groups is 3. The molecule has 2 aliphatic rings. The summed E-state index contributed by atoms with van der Waals surface area (Å²) in [4.78, 5) is 48.8. The maximum absolute atomic E-state index is 13.7. The number of aromatic nitrogens is 1. The number of benzene rings is 1. The Kier molecular flexibility index (Phi) is 15.0. The lowest BCUT2D eigenvalue weighted by Crippen LogP contribution is -2.58. The summed E-state index contributed by atoms with van der Waals surface area (Å²) in [5, 5.41) is 19.5. The maximum Gasteiger partial charge on any atom is 0.246 e. The van der Waals surface area contributed by atoms with E-state index in [1.807, 2.05) is 57.5 Å². The molecule has 0 unspecified atom stereocenters. The number of aliphatic hydroxyl groups excluding tert-OH is 1. The number of aryl methyl sites for hydroxylation is 1. The van der Waals surface area contributed by atoms with Gasteiger partial charge in [0.1, 0.15) is 18.7 Å². The summed E-state index contributed by atoms with van der Waals surface area (Å²) in [6, 6.07) is 6.20. The molecule has 0 spiro atoms. The first-order valence-corrected chi connectivity index (χ1v) is 15.5. The Balaban J connectivity index is 0.00000337. The van der Waals surface area contributed by atoms with Crippen LogP contribution in [0.2, 0.25) is 0 Å². The predicted molar refractivity (Wildman–Crippen MR) is 176 cm³/mol. The fraction of sp³-hybridized carbons (Fsp3) is 0.600. The van der Waals surface area contributed by atoms with Crippen molar-refractivity contribution in [2.24, 2.45) is 5.41 Å². The van der Waals surface area contributed by atoms with Gasteiger partial charge in [0.15, 0.2) is 0 Å². The van der Waals surface area contributed by atoms with Crippen LogP contribution in [0.1, 0.15) is 38.4 Å². The van der Waals surface area contributed by atoms with Gasteiger partial charge in [-0.25, -0.2) is 4.98 Å². The highest BCUT2D eigenvalue weighted by atomic mass is 35.5. The van der Waals surface area contributed by atoms with E-state index in [1.54, 1.807) is 11.3 Å². The van der Waals surface area contributed by atoms with Gasteiger partial charge in [0.25, 0.3) is 0 Å². The Morgan fingerprint density at radius 3 is 2.45 bits per heavy atom. The third-order valence-corrected chi connectivity index (χ3v) is 8.68. The van der Waals surface area contributed by atoms with Crippen LogP contribution < -0.4 is 16.0 Å². The van der Waals surface area contributed by atoms with Crippen LogP contribution in [0.25, 0.3) is 10.4 Å². The van der Waals surface area contributed by atoms with Crippen LogP contribution in [-0.2, 0) is 25.7 Å². The lowest BCUT2D eigenvalue weighted by molar-refractivity contribution is -0.144. The van der Waals surface area contributed by atoms with E-state index < -0.39 is 29.5 Å². The van der Waals surface area contributed by atoms with Crippen LogP contribution in [0.15, 0.2) is 29.8 Å². The van der Waals surface area contributed by atoms with Crippen molar-refractivity contribution in [2.45, 2.75) is 58.8 Å². The zero-order chi connectivity index (χ0) is 30.3. The van der Waals surface area contributed by atoms with Crippen molar-refractivity contribution in [3.63, 3.8) is 0 Å². The molecule has 14 heteroatoms. The summed E-state index contributed by atoms with van der Waals surface area (Å²) in [7, 11) is 0. The van der Waals surface area contributed by atoms with Crippen LogP contribution in [0.4, 0.5) is 0 Å². The fourth-order valence-corrected chi connectivity index (χ4v) is 6.09. The van der Waals surface area contributed by atoms with E-state index in [1.165, 1.54) is 4.90 Å².